The zero-order valence-electron chi connectivity index (χ0n) is 12.3. The van der Waals surface area contributed by atoms with Crippen molar-refractivity contribution in [3.05, 3.63) is 35.4 Å². The molecule has 0 radical (unpaired) electrons. The number of rotatable bonds is 4. The Hall–Kier alpha value is -2.02. The summed E-state index contributed by atoms with van der Waals surface area (Å²) in [6.45, 7) is 1.47. The third kappa shape index (κ3) is 2.81. The standard InChI is InChI=1S/C15H18F2N4O/c1-20-14(10-4-11(16)6-12(17)5-10)2-3-15(20)19-21(9-22)13-7-18-8-13/h4-6,9,13-14,18H,2-3,7-8H2,1H3/b19-15-. The number of nitrogens with one attached hydrogen (secondary N) is 1. The summed E-state index contributed by atoms with van der Waals surface area (Å²) in [7, 11) is 1.83. The van der Waals surface area contributed by atoms with E-state index in [1.807, 2.05) is 11.9 Å². The van der Waals surface area contributed by atoms with Gasteiger partial charge in [-0.15, -0.1) is 0 Å². The van der Waals surface area contributed by atoms with Crippen molar-refractivity contribution in [3.8, 4) is 0 Å². The molecule has 1 N–H and O–H groups in total. The van der Waals surface area contributed by atoms with Crippen molar-refractivity contribution in [2.75, 3.05) is 20.1 Å². The number of hydrazone groups is 1. The third-order valence-electron chi connectivity index (χ3n) is 4.26. The fourth-order valence-corrected chi connectivity index (χ4v) is 2.88. The minimum Gasteiger partial charge on any atom is -0.355 e. The zero-order valence-corrected chi connectivity index (χ0v) is 12.3. The van der Waals surface area contributed by atoms with Crippen LogP contribution in [-0.2, 0) is 4.79 Å². The monoisotopic (exact) mass is 308 g/mol. The summed E-state index contributed by atoms with van der Waals surface area (Å²) < 4.78 is 26.8. The van der Waals surface area contributed by atoms with E-state index in [9.17, 15) is 13.6 Å². The first-order valence-electron chi connectivity index (χ1n) is 7.29. The first-order chi connectivity index (χ1) is 10.6. The van der Waals surface area contributed by atoms with Crippen LogP contribution in [0.25, 0.3) is 0 Å². The van der Waals surface area contributed by atoms with Crippen LogP contribution >= 0.6 is 0 Å². The van der Waals surface area contributed by atoms with Crippen LogP contribution in [0.1, 0.15) is 24.4 Å². The Morgan fingerprint density at radius 2 is 2.00 bits per heavy atom. The number of nitrogens with zero attached hydrogens (tertiary/aromatic N) is 3. The predicted molar refractivity (Wildman–Crippen MR) is 78.1 cm³/mol. The molecule has 5 nitrogen and oxygen atoms in total. The fraction of sp³-hybridized carbons (Fsp3) is 0.467. The molecule has 3 rings (SSSR count). The predicted octanol–water partition coefficient (Wildman–Crippen LogP) is 1.48. The molecule has 2 aliphatic rings. The van der Waals surface area contributed by atoms with Gasteiger partial charge in [0.2, 0.25) is 6.41 Å². The van der Waals surface area contributed by atoms with Gasteiger partial charge in [0.15, 0.2) is 0 Å². The average molecular weight is 308 g/mol. The Morgan fingerprint density at radius 1 is 1.32 bits per heavy atom. The van der Waals surface area contributed by atoms with Crippen molar-refractivity contribution in [2.24, 2.45) is 5.10 Å². The molecule has 1 unspecified atom stereocenters. The maximum absolute atomic E-state index is 13.4. The lowest BCUT2D eigenvalue weighted by molar-refractivity contribution is -0.121. The maximum atomic E-state index is 13.4. The summed E-state index contributed by atoms with van der Waals surface area (Å²) in [6, 6.07) is 3.52. The van der Waals surface area contributed by atoms with Crippen molar-refractivity contribution in [1.82, 2.24) is 15.2 Å². The molecule has 2 aliphatic heterocycles. The molecule has 118 valence electrons. The van der Waals surface area contributed by atoms with Crippen LogP contribution in [0, 0.1) is 11.6 Å². The van der Waals surface area contributed by atoms with Gasteiger partial charge in [0.25, 0.3) is 0 Å². The second-order valence-electron chi connectivity index (χ2n) is 5.68. The molecular formula is C15H18F2N4O. The number of benzene rings is 1. The number of hydrogen-bond donors (Lipinski definition) is 1. The molecule has 0 aromatic heterocycles. The lowest BCUT2D eigenvalue weighted by Crippen LogP contribution is -2.55. The van der Waals surface area contributed by atoms with E-state index in [-0.39, 0.29) is 12.1 Å². The summed E-state index contributed by atoms with van der Waals surface area (Å²) in [6.07, 6.45) is 2.11. The highest BCUT2D eigenvalue weighted by Crippen LogP contribution is 2.33. The normalized spacial score (nSPS) is 23.7. The smallest absolute Gasteiger partial charge is 0.230 e. The molecule has 2 heterocycles. The van der Waals surface area contributed by atoms with E-state index in [2.05, 4.69) is 10.4 Å². The van der Waals surface area contributed by atoms with Gasteiger partial charge in [-0.1, -0.05) is 0 Å². The average Bonchev–Trinajstić information content (AvgIpc) is 2.76. The van der Waals surface area contributed by atoms with Crippen molar-refractivity contribution in [3.63, 3.8) is 0 Å². The van der Waals surface area contributed by atoms with Crippen LogP contribution in [-0.4, -0.2) is 48.3 Å². The molecule has 1 amide bonds. The van der Waals surface area contributed by atoms with Crippen LogP contribution in [0.15, 0.2) is 23.3 Å². The van der Waals surface area contributed by atoms with Crippen molar-refractivity contribution < 1.29 is 13.6 Å². The molecule has 7 heteroatoms. The van der Waals surface area contributed by atoms with Gasteiger partial charge in [0.05, 0.1) is 12.1 Å². The highest BCUT2D eigenvalue weighted by atomic mass is 19.1. The molecule has 1 aromatic carbocycles. The second kappa shape index (κ2) is 6.00. The van der Waals surface area contributed by atoms with E-state index < -0.39 is 11.6 Å². The van der Waals surface area contributed by atoms with Gasteiger partial charge >= 0.3 is 0 Å². The Balaban J connectivity index is 1.78. The van der Waals surface area contributed by atoms with Gasteiger partial charge in [0.1, 0.15) is 17.5 Å². The minimum atomic E-state index is -0.580. The van der Waals surface area contributed by atoms with Gasteiger partial charge in [-0.25, -0.2) is 13.8 Å². The molecular weight excluding hydrogens is 290 g/mol. The SMILES string of the molecule is CN1/C(=N\N(C=O)C2CNC2)CCC1c1cc(F)cc(F)c1. The number of amidine groups is 1. The highest BCUT2D eigenvalue weighted by Gasteiger charge is 2.30. The molecule has 22 heavy (non-hydrogen) atoms. The summed E-state index contributed by atoms with van der Waals surface area (Å²) in [5, 5.41) is 8.92. The largest absolute Gasteiger partial charge is 0.355 e. The molecule has 1 aromatic rings. The van der Waals surface area contributed by atoms with Gasteiger partial charge in [-0.2, -0.15) is 5.10 Å². The van der Waals surface area contributed by atoms with E-state index >= 15 is 0 Å². The van der Waals surface area contributed by atoms with Gasteiger partial charge in [-0.05, 0) is 24.1 Å². The first kappa shape index (κ1) is 14.9. The van der Waals surface area contributed by atoms with Crippen LogP contribution in [0.2, 0.25) is 0 Å². The summed E-state index contributed by atoms with van der Waals surface area (Å²) >= 11 is 0. The van der Waals surface area contributed by atoms with Crippen molar-refractivity contribution in [1.29, 1.82) is 0 Å². The van der Waals surface area contributed by atoms with Crippen LogP contribution in [0.3, 0.4) is 0 Å². The quantitative estimate of drug-likeness (QED) is 0.677. The second-order valence-corrected chi connectivity index (χ2v) is 5.68. The molecule has 0 saturated carbocycles. The lowest BCUT2D eigenvalue weighted by Gasteiger charge is -2.33. The summed E-state index contributed by atoms with van der Waals surface area (Å²) in [4.78, 5) is 13.0. The third-order valence-corrected chi connectivity index (χ3v) is 4.26. The molecule has 0 bridgehead atoms. The Kier molecular flexibility index (Phi) is 4.06. The molecule has 2 fully saturated rings. The van der Waals surface area contributed by atoms with Gasteiger partial charge in [0, 0.05) is 32.6 Å². The Bertz CT molecular complexity index is 583. The van der Waals surface area contributed by atoms with Crippen LogP contribution < -0.4 is 5.32 Å². The molecule has 1 atom stereocenters. The molecule has 2 saturated heterocycles. The number of amides is 1. The van der Waals surface area contributed by atoms with Gasteiger partial charge < -0.3 is 10.2 Å². The molecule has 0 aliphatic carbocycles. The lowest BCUT2D eigenvalue weighted by atomic mass is 10.0. The number of carbonyl (C=O) groups is 1. The Labute approximate surface area is 127 Å². The highest BCUT2D eigenvalue weighted by molar-refractivity contribution is 5.85. The summed E-state index contributed by atoms with van der Waals surface area (Å²) in [5.41, 5.74) is 0.591. The first-order valence-corrected chi connectivity index (χ1v) is 7.29. The number of hydrogen-bond acceptors (Lipinski definition) is 3. The molecule has 0 spiro atoms. The van der Waals surface area contributed by atoms with Gasteiger partial charge in [-0.3, -0.25) is 4.79 Å². The van der Waals surface area contributed by atoms with E-state index in [4.69, 9.17) is 0 Å². The van der Waals surface area contributed by atoms with Crippen LogP contribution in [0.5, 0.6) is 0 Å². The van der Waals surface area contributed by atoms with E-state index in [1.165, 1.54) is 17.1 Å². The maximum Gasteiger partial charge on any atom is 0.230 e. The van der Waals surface area contributed by atoms with Crippen molar-refractivity contribution in [2.45, 2.75) is 24.9 Å². The zero-order chi connectivity index (χ0) is 15.7. The Morgan fingerprint density at radius 3 is 2.55 bits per heavy atom. The number of halogens is 2. The summed E-state index contributed by atoms with van der Waals surface area (Å²) in [5.74, 6) is -0.402. The van der Waals surface area contributed by atoms with Crippen molar-refractivity contribution >= 4 is 12.2 Å². The topological polar surface area (TPSA) is 47.9 Å². The number of carbonyl (C=O) groups excluding carboxylic acids is 1. The van der Waals surface area contributed by atoms with E-state index in [1.54, 1.807) is 0 Å². The number of likely N-dealkylation sites (tertiary alicyclic amines) is 1. The van der Waals surface area contributed by atoms with Crippen LogP contribution in [0.4, 0.5) is 8.78 Å². The van der Waals surface area contributed by atoms with E-state index in [0.29, 0.717) is 18.4 Å². The minimum absolute atomic E-state index is 0.0871. The fourth-order valence-electron chi connectivity index (χ4n) is 2.88. The van der Waals surface area contributed by atoms with E-state index in [0.717, 1.165) is 31.4 Å².